The van der Waals surface area contributed by atoms with Crippen LogP contribution in [0.3, 0.4) is 0 Å². The lowest BCUT2D eigenvalue weighted by atomic mass is 10.1. The molecule has 0 heterocycles. The van der Waals surface area contributed by atoms with Crippen LogP contribution in [-0.2, 0) is 0 Å². The number of benzene rings is 1. The molecule has 0 radical (unpaired) electrons. The normalized spacial score (nSPS) is 17.0. The molecular formula is C15H23NS. The summed E-state index contributed by atoms with van der Waals surface area (Å²) in [5.41, 5.74) is 0. The van der Waals surface area contributed by atoms with Gasteiger partial charge in [0.1, 0.15) is 0 Å². The first-order valence-corrected chi connectivity index (χ1v) is 7.78. The van der Waals surface area contributed by atoms with Gasteiger partial charge in [-0.3, -0.25) is 0 Å². The molecule has 1 N–H and O–H groups in total. The second-order valence-corrected chi connectivity index (χ2v) is 6.05. The largest absolute Gasteiger partial charge is 0.313 e. The Kier molecular flexibility index (Phi) is 5.40. The van der Waals surface area contributed by atoms with Crippen molar-refractivity contribution in [1.82, 2.24) is 5.32 Å². The molecule has 1 unspecified atom stereocenters. The van der Waals surface area contributed by atoms with Crippen LogP contribution >= 0.6 is 11.8 Å². The Labute approximate surface area is 109 Å². The van der Waals surface area contributed by atoms with Crippen LogP contribution in [0.1, 0.15) is 32.6 Å². The van der Waals surface area contributed by atoms with Crippen LogP contribution in [-0.4, -0.2) is 18.3 Å². The van der Waals surface area contributed by atoms with E-state index in [4.69, 9.17) is 0 Å². The molecule has 1 saturated carbocycles. The SMILES string of the molecule is CCCNC(CSc1ccccc1)CC1CC1. The van der Waals surface area contributed by atoms with Crippen LogP contribution in [0.25, 0.3) is 0 Å². The molecule has 0 amide bonds. The van der Waals surface area contributed by atoms with Gasteiger partial charge in [-0.05, 0) is 37.4 Å². The summed E-state index contributed by atoms with van der Waals surface area (Å²) in [6, 6.07) is 11.4. The molecule has 0 bridgehead atoms. The number of hydrogen-bond donors (Lipinski definition) is 1. The Morgan fingerprint density at radius 3 is 2.71 bits per heavy atom. The van der Waals surface area contributed by atoms with Crippen molar-refractivity contribution in [2.24, 2.45) is 5.92 Å². The van der Waals surface area contributed by atoms with Crippen LogP contribution in [0.2, 0.25) is 0 Å². The molecule has 0 saturated heterocycles. The van der Waals surface area contributed by atoms with E-state index in [2.05, 4.69) is 42.6 Å². The molecular weight excluding hydrogens is 226 g/mol. The average molecular weight is 249 g/mol. The van der Waals surface area contributed by atoms with E-state index in [0.29, 0.717) is 6.04 Å². The molecule has 1 aliphatic rings. The second-order valence-electron chi connectivity index (χ2n) is 4.95. The zero-order valence-corrected chi connectivity index (χ0v) is 11.5. The number of rotatable bonds is 8. The van der Waals surface area contributed by atoms with Gasteiger partial charge in [0.25, 0.3) is 0 Å². The van der Waals surface area contributed by atoms with Crippen LogP contribution in [0.5, 0.6) is 0 Å². The van der Waals surface area contributed by atoms with Crippen molar-refractivity contribution in [2.75, 3.05) is 12.3 Å². The Morgan fingerprint density at radius 1 is 1.29 bits per heavy atom. The number of nitrogens with one attached hydrogen (secondary N) is 1. The zero-order valence-electron chi connectivity index (χ0n) is 10.7. The van der Waals surface area contributed by atoms with Gasteiger partial charge in [0.15, 0.2) is 0 Å². The fourth-order valence-electron chi connectivity index (χ4n) is 2.03. The van der Waals surface area contributed by atoms with Crippen molar-refractivity contribution >= 4 is 11.8 Å². The first kappa shape index (κ1) is 13.0. The zero-order chi connectivity index (χ0) is 11.9. The Balaban J connectivity index is 1.75. The molecule has 2 heteroatoms. The van der Waals surface area contributed by atoms with E-state index in [0.717, 1.165) is 12.5 Å². The first-order valence-electron chi connectivity index (χ1n) is 6.79. The van der Waals surface area contributed by atoms with Crippen LogP contribution in [0.15, 0.2) is 35.2 Å². The van der Waals surface area contributed by atoms with E-state index in [1.165, 1.54) is 36.3 Å². The fraction of sp³-hybridized carbons (Fsp3) is 0.600. The molecule has 0 spiro atoms. The van der Waals surface area contributed by atoms with Crippen molar-refractivity contribution in [3.8, 4) is 0 Å². The summed E-state index contributed by atoms with van der Waals surface area (Å²) in [4.78, 5) is 1.39. The van der Waals surface area contributed by atoms with E-state index >= 15 is 0 Å². The van der Waals surface area contributed by atoms with Crippen molar-refractivity contribution in [3.63, 3.8) is 0 Å². The smallest absolute Gasteiger partial charge is 0.0164 e. The minimum atomic E-state index is 0.702. The van der Waals surface area contributed by atoms with E-state index in [1.54, 1.807) is 0 Å². The number of thioether (sulfide) groups is 1. The van der Waals surface area contributed by atoms with E-state index in [1.807, 2.05) is 11.8 Å². The Morgan fingerprint density at radius 2 is 2.06 bits per heavy atom. The van der Waals surface area contributed by atoms with Crippen molar-refractivity contribution in [2.45, 2.75) is 43.5 Å². The Hall–Kier alpha value is -0.470. The summed E-state index contributed by atoms with van der Waals surface area (Å²) in [7, 11) is 0. The third-order valence-corrected chi connectivity index (χ3v) is 4.37. The molecule has 0 aliphatic heterocycles. The quantitative estimate of drug-likeness (QED) is 0.700. The predicted molar refractivity (Wildman–Crippen MR) is 76.6 cm³/mol. The minimum Gasteiger partial charge on any atom is -0.313 e. The molecule has 1 aromatic rings. The van der Waals surface area contributed by atoms with E-state index in [9.17, 15) is 0 Å². The molecule has 1 fully saturated rings. The maximum Gasteiger partial charge on any atom is 0.0164 e. The molecule has 1 aliphatic carbocycles. The summed E-state index contributed by atoms with van der Waals surface area (Å²) >= 11 is 1.99. The second kappa shape index (κ2) is 7.07. The highest BCUT2D eigenvalue weighted by Gasteiger charge is 2.25. The standard InChI is InChI=1S/C15H23NS/c1-2-10-16-14(11-13-8-9-13)12-17-15-6-4-3-5-7-15/h3-7,13-14,16H,2,8-12H2,1H3. The van der Waals surface area contributed by atoms with Gasteiger partial charge in [-0.15, -0.1) is 11.8 Å². The van der Waals surface area contributed by atoms with Crippen molar-refractivity contribution < 1.29 is 0 Å². The molecule has 2 rings (SSSR count). The van der Waals surface area contributed by atoms with Gasteiger partial charge in [-0.25, -0.2) is 0 Å². The summed E-state index contributed by atoms with van der Waals surface area (Å²) in [6.07, 6.45) is 5.53. The fourth-order valence-corrected chi connectivity index (χ4v) is 3.03. The molecule has 1 aromatic carbocycles. The van der Waals surface area contributed by atoms with Crippen molar-refractivity contribution in [3.05, 3.63) is 30.3 Å². The maximum atomic E-state index is 3.69. The number of hydrogen-bond acceptors (Lipinski definition) is 2. The highest BCUT2D eigenvalue weighted by molar-refractivity contribution is 7.99. The van der Waals surface area contributed by atoms with Gasteiger partial charge in [-0.2, -0.15) is 0 Å². The average Bonchev–Trinajstić information content (AvgIpc) is 3.18. The molecule has 17 heavy (non-hydrogen) atoms. The van der Waals surface area contributed by atoms with Crippen molar-refractivity contribution in [1.29, 1.82) is 0 Å². The Bertz CT molecular complexity index is 308. The van der Waals surface area contributed by atoms with Crippen LogP contribution < -0.4 is 5.32 Å². The van der Waals surface area contributed by atoms with Gasteiger partial charge < -0.3 is 5.32 Å². The van der Waals surface area contributed by atoms with E-state index < -0.39 is 0 Å². The van der Waals surface area contributed by atoms with Gasteiger partial charge in [0, 0.05) is 16.7 Å². The monoisotopic (exact) mass is 249 g/mol. The lowest BCUT2D eigenvalue weighted by Gasteiger charge is -2.17. The van der Waals surface area contributed by atoms with Gasteiger partial charge in [0.05, 0.1) is 0 Å². The predicted octanol–water partition coefficient (Wildman–Crippen LogP) is 3.95. The molecule has 1 atom stereocenters. The summed E-state index contributed by atoms with van der Waals surface area (Å²) in [6.45, 7) is 3.40. The lowest BCUT2D eigenvalue weighted by molar-refractivity contribution is 0.494. The van der Waals surface area contributed by atoms with Gasteiger partial charge >= 0.3 is 0 Å². The van der Waals surface area contributed by atoms with Crippen LogP contribution in [0, 0.1) is 5.92 Å². The van der Waals surface area contributed by atoms with Gasteiger partial charge in [-0.1, -0.05) is 38.0 Å². The third kappa shape index (κ3) is 5.13. The molecule has 1 nitrogen and oxygen atoms in total. The van der Waals surface area contributed by atoms with Gasteiger partial charge in [0.2, 0.25) is 0 Å². The first-order chi connectivity index (χ1) is 8.38. The highest BCUT2D eigenvalue weighted by Crippen LogP contribution is 2.34. The minimum absolute atomic E-state index is 0.702. The maximum absolute atomic E-state index is 3.69. The summed E-state index contributed by atoms with van der Waals surface area (Å²) in [5.74, 6) is 2.22. The summed E-state index contributed by atoms with van der Waals surface area (Å²) < 4.78 is 0. The van der Waals surface area contributed by atoms with E-state index in [-0.39, 0.29) is 0 Å². The highest BCUT2D eigenvalue weighted by atomic mass is 32.2. The van der Waals surface area contributed by atoms with Crippen LogP contribution in [0.4, 0.5) is 0 Å². The molecule has 94 valence electrons. The topological polar surface area (TPSA) is 12.0 Å². The third-order valence-electron chi connectivity index (χ3n) is 3.19. The summed E-state index contributed by atoms with van der Waals surface area (Å²) in [5, 5.41) is 3.69. The lowest BCUT2D eigenvalue weighted by Crippen LogP contribution is -2.32. The molecule has 0 aromatic heterocycles.